The Morgan fingerprint density at radius 3 is 2.07 bits per heavy atom. The summed E-state index contributed by atoms with van der Waals surface area (Å²) in [7, 11) is 0. The van der Waals surface area contributed by atoms with Crippen LogP contribution in [-0.4, -0.2) is 28.3 Å². The summed E-state index contributed by atoms with van der Waals surface area (Å²) in [5.74, 6) is -1.94. The van der Waals surface area contributed by atoms with Crippen molar-refractivity contribution in [2.45, 2.75) is 19.0 Å². The zero-order valence-electron chi connectivity index (χ0n) is 21.5. The van der Waals surface area contributed by atoms with E-state index in [-0.39, 0.29) is 33.8 Å². The number of alkyl halides is 3. The lowest BCUT2D eigenvalue weighted by atomic mass is 9.90. The van der Waals surface area contributed by atoms with Gasteiger partial charge in [0.15, 0.2) is 5.69 Å². The molecule has 0 fully saturated rings. The molecule has 0 saturated heterocycles. The van der Waals surface area contributed by atoms with E-state index in [2.05, 4.69) is 10.4 Å². The van der Waals surface area contributed by atoms with Gasteiger partial charge in [-0.25, -0.2) is 4.79 Å². The third-order valence-corrected chi connectivity index (χ3v) is 7.22. The molecule has 0 aliphatic rings. The molecule has 0 unspecified atom stereocenters. The number of thiophene rings is 1. The molecular weight excluding hydrogens is 555 g/mol. The van der Waals surface area contributed by atoms with Crippen molar-refractivity contribution in [3.05, 3.63) is 123 Å². The predicted octanol–water partition coefficient (Wildman–Crippen LogP) is 6.41. The van der Waals surface area contributed by atoms with Crippen LogP contribution >= 0.6 is 11.3 Å². The minimum Gasteiger partial charge on any atom is -0.461 e. The molecule has 0 saturated carbocycles. The monoisotopic (exact) mass is 577 g/mol. The second-order valence-electron chi connectivity index (χ2n) is 8.93. The number of halogens is 3. The van der Waals surface area contributed by atoms with Gasteiger partial charge in [0.2, 0.25) is 5.91 Å². The van der Waals surface area contributed by atoms with Crippen LogP contribution in [0.25, 0.3) is 16.5 Å². The second kappa shape index (κ2) is 11.4. The highest BCUT2D eigenvalue weighted by molar-refractivity contribution is 7.16. The van der Waals surface area contributed by atoms with Crippen molar-refractivity contribution < 1.29 is 27.5 Å². The van der Waals surface area contributed by atoms with Crippen LogP contribution in [0.4, 0.5) is 18.2 Å². The summed E-state index contributed by atoms with van der Waals surface area (Å²) < 4.78 is 45.3. The number of hydrogen-bond donors (Lipinski definition) is 1. The molecule has 208 valence electrons. The van der Waals surface area contributed by atoms with Crippen molar-refractivity contribution in [1.29, 1.82) is 0 Å². The number of carbonyl (C=O) groups is 2. The minimum atomic E-state index is -4.57. The molecule has 7 nitrogen and oxygen atoms in total. The SMILES string of the molecule is CCOC(=O)c1nn(-c2ccc(C(F)(F)F)cc2)c(=O)c2c(NC(=O)C(c3ccccc3)c3ccccc3)scc12. The summed E-state index contributed by atoms with van der Waals surface area (Å²) in [5, 5.41) is 8.82. The lowest BCUT2D eigenvalue weighted by Gasteiger charge is -2.17. The zero-order valence-corrected chi connectivity index (χ0v) is 22.3. The first-order valence-corrected chi connectivity index (χ1v) is 13.4. The first kappa shape index (κ1) is 27.8. The van der Waals surface area contributed by atoms with E-state index < -0.39 is 35.1 Å². The van der Waals surface area contributed by atoms with E-state index in [4.69, 9.17) is 4.74 Å². The number of nitrogens with zero attached hydrogens (tertiary/aromatic N) is 2. The number of fused-ring (bicyclic) bond motifs is 1. The molecule has 0 radical (unpaired) electrons. The number of esters is 1. The molecule has 0 aliphatic carbocycles. The van der Waals surface area contributed by atoms with Crippen molar-refractivity contribution in [3.8, 4) is 5.69 Å². The number of amides is 1. The van der Waals surface area contributed by atoms with Crippen LogP contribution in [0.3, 0.4) is 0 Å². The van der Waals surface area contributed by atoms with Gasteiger partial charge in [0.1, 0.15) is 5.00 Å². The Labute approximate surface area is 235 Å². The van der Waals surface area contributed by atoms with E-state index in [1.54, 1.807) is 6.92 Å². The van der Waals surface area contributed by atoms with Crippen LogP contribution < -0.4 is 10.9 Å². The Morgan fingerprint density at radius 2 is 1.54 bits per heavy atom. The summed E-state index contributed by atoms with van der Waals surface area (Å²) in [6.07, 6.45) is -4.57. The topological polar surface area (TPSA) is 90.3 Å². The van der Waals surface area contributed by atoms with Crippen molar-refractivity contribution >= 4 is 39.0 Å². The molecule has 3 aromatic carbocycles. The van der Waals surface area contributed by atoms with Crippen LogP contribution in [0, 0.1) is 0 Å². The number of carbonyl (C=O) groups excluding carboxylic acids is 2. The standard InChI is InChI=1S/C30H22F3N3O4S/c1-2-40-29(39)25-22-17-41-27(24(22)28(38)36(35-25)21-15-13-20(14-16-21)30(31,32)33)34-26(37)23(18-9-5-3-6-10-18)19-11-7-4-8-12-19/h3-17,23H,2H2,1H3,(H,34,37). The molecule has 5 rings (SSSR count). The molecule has 1 amide bonds. The molecule has 2 heterocycles. The molecule has 0 aliphatic heterocycles. The summed E-state index contributed by atoms with van der Waals surface area (Å²) in [4.78, 5) is 40.3. The maximum atomic E-state index is 13.7. The van der Waals surface area contributed by atoms with Gasteiger partial charge in [0.05, 0.1) is 29.2 Å². The minimum absolute atomic E-state index is 0.00497. The maximum Gasteiger partial charge on any atom is 0.416 e. The van der Waals surface area contributed by atoms with Crippen LogP contribution in [0.5, 0.6) is 0 Å². The Kier molecular flexibility index (Phi) is 7.71. The molecule has 1 N–H and O–H groups in total. The normalized spacial score (nSPS) is 11.5. The highest BCUT2D eigenvalue weighted by atomic mass is 32.1. The van der Waals surface area contributed by atoms with Crippen LogP contribution in [-0.2, 0) is 15.7 Å². The van der Waals surface area contributed by atoms with Gasteiger partial charge in [0.25, 0.3) is 5.56 Å². The Bertz CT molecular complexity index is 1730. The van der Waals surface area contributed by atoms with E-state index in [1.165, 1.54) is 5.38 Å². The fraction of sp³-hybridized carbons (Fsp3) is 0.133. The molecule has 0 bridgehead atoms. The summed E-state index contributed by atoms with van der Waals surface area (Å²) in [6, 6.07) is 22.1. The van der Waals surface area contributed by atoms with Gasteiger partial charge in [-0.2, -0.15) is 23.0 Å². The highest BCUT2D eigenvalue weighted by Crippen LogP contribution is 2.34. The van der Waals surface area contributed by atoms with E-state index in [0.29, 0.717) is 0 Å². The van der Waals surface area contributed by atoms with Crippen molar-refractivity contribution in [2.24, 2.45) is 0 Å². The zero-order chi connectivity index (χ0) is 29.1. The molecule has 0 atom stereocenters. The first-order chi connectivity index (χ1) is 19.7. The van der Waals surface area contributed by atoms with Crippen molar-refractivity contribution in [3.63, 3.8) is 0 Å². The number of ether oxygens (including phenoxy) is 1. The highest BCUT2D eigenvalue weighted by Gasteiger charge is 2.31. The van der Waals surface area contributed by atoms with Gasteiger partial charge in [-0.1, -0.05) is 60.7 Å². The number of nitrogens with one attached hydrogen (secondary N) is 1. The number of aromatic nitrogens is 2. The number of anilines is 1. The fourth-order valence-corrected chi connectivity index (χ4v) is 5.37. The van der Waals surface area contributed by atoms with Gasteiger partial charge >= 0.3 is 12.1 Å². The van der Waals surface area contributed by atoms with Crippen molar-refractivity contribution in [1.82, 2.24) is 9.78 Å². The van der Waals surface area contributed by atoms with Crippen molar-refractivity contribution in [2.75, 3.05) is 11.9 Å². The third kappa shape index (κ3) is 5.62. The van der Waals surface area contributed by atoms with Gasteiger partial charge in [0, 0.05) is 10.8 Å². The second-order valence-corrected chi connectivity index (χ2v) is 9.81. The van der Waals surface area contributed by atoms with Gasteiger partial charge in [-0.3, -0.25) is 9.59 Å². The number of benzene rings is 3. The van der Waals surface area contributed by atoms with Gasteiger partial charge < -0.3 is 10.1 Å². The predicted molar refractivity (Wildman–Crippen MR) is 150 cm³/mol. The first-order valence-electron chi connectivity index (χ1n) is 12.5. The Morgan fingerprint density at radius 1 is 0.951 bits per heavy atom. The van der Waals surface area contributed by atoms with E-state index >= 15 is 0 Å². The van der Waals surface area contributed by atoms with Gasteiger partial charge in [-0.15, -0.1) is 11.3 Å². The maximum absolute atomic E-state index is 13.7. The lowest BCUT2D eigenvalue weighted by molar-refractivity contribution is -0.137. The average molecular weight is 578 g/mol. The van der Waals surface area contributed by atoms with Crippen LogP contribution in [0.2, 0.25) is 0 Å². The third-order valence-electron chi connectivity index (χ3n) is 6.33. The summed E-state index contributed by atoms with van der Waals surface area (Å²) in [5.41, 5.74) is -0.370. The molecular formula is C30H22F3N3O4S. The molecule has 11 heteroatoms. The fourth-order valence-electron chi connectivity index (χ4n) is 4.43. The summed E-state index contributed by atoms with van der Waals surface area (Å²) >= 11 is 1.03. The average Bonchev–Trinajstić information content (AvgIpc) is 3.38. The van der Waals surface area contributed by atoms with E-state index in [9.17, 15) is 27.6 Å². The number of hydrogen-bond acceptors (Lipinski definition) is 6. The van der Waals surface area contributed by atoms with Crippen LogP contribution in [0.15, 0.2) is 95.1 Å². The largest absolute Gasteiger partial charge is 0.461 e. The smallest absolute Gasteiger partial charge is 0.416 e. The van der Waals surface area contributed by atoms with Crippen LogP contribution in [0.1, 0.15) is 40.0 Å². The summed E-state index contributed by atoms with van der Waals surface area (Å²) in [6.45, 7) is 1.64. The molecule has 5 aromatic rings. The van der Waals surface area contributed by atoms with E-state index in [0.717, 1.165) is 51.4 Å². The molecule has 41 heavy (non-hydrogen) atoms. The quantitative estimate of drug-likeness (QED) is 0.226. The molecule has 0 spiro atoms. The Hall–Kier alpha value is -4.77. The lowest BCUT2D eigenvalue weighted by Crippen LogP contribution is -2.26. The molecule has 2 aromatic heterocycles. The van der Waals surface area contributed by atoms with Gasteiger partial charge in [-0.05, 0) is 42.3 Å². The van der Waals surface area contributed by atoms with E-state index in [1.807, 2.05) is 60.7 Å². The number of rotatable bonds is 7. The Balaban J connectivity index is 1.63.